The Kier molecular flexibility index (Phi) is 6.16. The van der Waals surface area contributed by atoms with Crippen LogP contribution in [0.2, 0.25) is 5.02 Å². The van der Waals surface area contributed by atoms with Crippen LogP contribution in [0.3, 0.4) is 0 Å². The van der Waals surface area contributed by atoms with E-state index in [0.717, 1.165) is 17.3 Å². The zero-order valence-corrected chi connectivity index (χ0v) is 14.2. The van der Waals surface area contributed by atoms with E-state index in [9.17, 15) is 0 Å². The van der Waals surface area contributed by atoms with Crippen molar-refractivity contribution < 1.29 is 0 Å². The zero-order chi connectivity index (χ0) is 15.2. The average Bonchev–Trinajstić information content (AvgIpc) is 2.53. The normalized spacial score (nSPS) is 14.1. The van der Waals surface area contributed by atoms with Gasteiger partial charge in [0.1, 0.15) is 0 Å². The van der Waals surface area contributed by atoms with E-state index in [-0.39, 0.29) is 0 Å². The Bertz CT molecular complexity index is 541. The van der Waals surface area contributed by atoms with E-state index in [1.807, 2.05) is 12.1 Å². The molecule has 0 heterocycles. The van der Waals surface area contributed by atoms with Gasteiger partial charge in [-0.25, -0.2) is 0 Å². The minimum atomic E-state index is 0.355. The molecule has 0 N–H and O–H groups in total. The lowest BCUT2D eigenvalue weighted by Gasteiger charge is -2.29. The summed E-state index contributed by atoms with van der Waals surface area (Å²) in [7, 11) is 2.17. The van der Waals surface area contributed by atoms with Crippen LogP contribution in [0.1, 0.15) is 30.0 Å². The Labute approximate surface area is 138 Å². The van der Waals surface area contributed by atoms with Crippen LogP contribution in [-0.4, -0.2) is 24.2 Å². The second-order valence-electron chi connectivity index (χ2n) is 5.46. The smallest absolute Gasteiger partial charge is 0.0406 e. The Hall–Kier alpha value is -0.960. The second-order valence-corrected chi connectivity index (χ2v) is 6.26. The van der Waals surface area contributed by atoms with Crippen molar-refractivity contribution in [3.05, 3.63) is 70.7 Å². The fraction of sp³-hybridized carbons (Fsp3) is 0.333. The summed E-state index contributed by atoms with van der Waals surface area (Å²) in [5, 5.41) is 0.783. The molecule has 0 saturated heterocycles. The lowest BCUT2D eigenvalue weighted by molar-refractivity contribution is 0.250. The van der Waals surface area contributed by atoms with E-state index < -0.39 is 0 Å². The van der Waals surface area contributed by atoms with Gasteiger partial charge in [-0.3, -0.25) is 4.90 Å². The Morgan fingerprint density at radius 2 is 1.62 bits per heavy atom. The fourth-order valence-corrected chi connectivity index (χ4v) is 2.95. The van der Waals surface area contributed by atoms with Gasteiger partial charge in [0.2, 0.25) is 0 Å². The van der Waals surface area contributed by atoms with Crippen LogP contribution in [0.4, 0.5) is 0 Å². The van der Waals surface area contributed by atoms with Gasteiger partial charge in [0.05, 0.1) is 0 Å². The molecule has 2 aromatic rings. The largest absolute Gasteiger partial charge is 0.299 e. The average molecular weight is 320 g/mol. The molecule has 0 saturated carbocycles. The third-order valence-electron chi connectivity index (χ3n) is 4.01. The second kappa shape index (κ2) is 7.88. The third kappa shape index (κ3) is 4.50. The number of halogens is 1. The Morgan fingerprint density at radius 3 is 2.19 bits per heavy atom. The van der Waals surface area contributed by atoms with Crippen molar-refractivity contribution in [3.8, 4) is 0 Å². The monoisotopic (exact) mass is 319 g/mol. The predicted molar refractivity (Wildman–Crippen MR) is 95.5 cm³/mol. The van der Waals surface area contributed by atoms with E-state index >= 15 is 0 Å². The SMILES string of the molecule is CC(c1ccc(Cl)cc1)N(C)CC(CS)c1ccccc1. The molecule has 2 rings (SSSR count). The van der Waals surface area contributed by atoms with Crippen LogP contribution in [-0.2, 0) is 0 Å². The first kappa shape index (κ1) is 16.4. The van der Waals surface area contributed by atoms with Crippen molar-refractivity contribution in [3.63, 3.8) is 0 Å². The molecule has 0 spiro atoms. The summed E-state index contributed by atoms with van der Waals surface area (Å²) in [6.45, 7) is 3.21. The van der Waals surface area contributed by atoms with Crippen LogP contribution in [0, 0.1) is 0 Å². The van der Waals surface area contributed by atoms with Gasteiger partial charge in [-0.2, -0.15) is 12.6 Å². The summed E-state index contributed by atoms with van der Waals surface area (Å²) in [5.74, 6) is 1.29. The van der Waals surface area contributed by atoms with E-state index in [1.54, 1.807) is 0 Å². The van der Waals surface area contributed by atoms with Gasteiger partial charge < -0.3 is 0 Å². The van der Waals surface area contributed by atoms with Gasteiger partial charge in [0, 0.05) is 23.5 Å². The first-order chi connectivity index (χ1) is 10.1. The van der Waals surface area contributed by atoms with Crippen LogP contribution in [0.5, 0.6) is 0 Å². The third-order valence-corrected chi connectivity index (χ3v) is 4.71. The van der Waals surface area contributed by atoms with Crippen LogP contribution >= 0.6 is 24.2 Å². The number of nitrogens with zero attached hydrogens (tertiary/aromatic N) is 1. The Balaban J connectivity index is 2.05. The molecule has 0 amide bonds. The highest BCUT2D eigenvalue weighted by Gasteiger charge is 2.17. The van der Waals surface area contributed by atoms with E-state index in [0.29, 0.717) is 12.0 Å². The minimum Gasteiger partial charge on any atom is -0.299 e. The van der Waals surface area contributed by atoms with Crippen LogP contribution in [0.25, 0.3) is 0 Å². The van der Waals surface area contributed by atoms with Gasteiger partial charge in [-0.1, -0.05) is 54.1 Å². The van der Waals surface area contributed by atoms with Gasteiger partial charge in [0.25, 0.3) is 0 Å². The molecule has 0 aliphatic rings. The van der Waals surface area contributed by atoms with Crippen molar-refractivity contribution in [2.75, 3.05) is 19.3 Å². The maximum Gasteiger partial charge on any atom is 0.0406 e. The summed E-state index contributed by atoms with van der Waals surface area (Å²) in [6.07, 6.45) is 0. The van der Waals surface area contributed by atoms with Crippen molar-refractivity contribution in [2.24, 2.45) is 0 Å². The lowest BCUT2D eigenvalue weighted by atomic mass is 9.99. The number of benzene rings is 2. The number of likely N-dealkylation sites (N-methyl/N-ethyl adjacent to an activating group) is 1. The molecule has 2 atom stereocenters. The number of hydrogen-bond donors (Lipinski definition) is 1. The Morgan fingerprint density at radius 1 is 1.00 bits per heavy atom. The minimum absolute atomic E-state index is 0.355. The van der Waals surface area contributed by atoms with Crippen molar-refractivity contribution >= 4 is 24.2 Å². The summed E-state index contributed by atoms with van der Waals surface area (Å²) >= 11 is 10.5. The molecule has 112 valence electrons. The zero-order valence-electron chi connectivity index (χ0n) is 12.5. The quantitative estimate of drug-likeness (QED) is 0.729. The summed E-state index contributed by atoms with van der Waals surface area (Å²) < 4.78 is 0. The highest BCUT2D eigenvalue weighted by Crippen LogP contribution is 2.25. The van der Waals surface area contributed by atoms with Gasteiger partial charge in [-0.05, 0) is 43.0 Å². The molecule has 0 radical (unpaired) electrons. The fourth-order valence-electron chi connectivity index (χ4n) is 2.50. The molecule has 0 aliphatic carbocycles. The molecule has 21 heavy (non-hydrogen) atoms. The lowest BCUT2D eigenvalue weighted by Crippen LogP contribution is -2.28. The van der Waals surface area contributed by atoms with Crippen molar-refractivity contribution in [1.29, 1.82) is 0 Å². The molecule has 0 bridgehead atoms. The van der Waals surface area contributed by atoms with Gasteiger partial charge >= 0.3 is 0 Å². The van der Waals surface area contributed by atoms with Crippen LogP contribution < -0.4 is 0 Å². The molecule has 0 aliphatic heterocycles. The molecule has 0 aromatic heterocycles. The maximum absolute atomic E-state index is 5.96. The molecule has 2 unspecified atom stereocenters. The highest BCUT2D eigenvalue weighted by atomic mass is 35.5. The maximum atomic E-state index is 5.96. The predicted octanol–water partition coefficient (Wildman–Crippen LogP) is 5.05. The van der Waals surface area contributed by atoms with Gasteiger partial charge in [-0.15, -0.1) is 0 Å². The van der Waals surface area contributed by atoms with Gasteiger partial charge in [0.15, 0.2) is 0 Å². The molecule has 3 heteroatoms. The van der Waals surface area contributed by atoms with E-state index in [4.69, 9.17) is 11.6 Å². The van der Waals surface area contributed by atoms with Crippen molar-refractivity contribution in [1.82, 2.24) is 4.90 Å². The highest BCUT2D eigenvalue weighted by molar-refractivity contribution is 7.80. The number of hydrogen-bond acceptors (Lipinski definition) is 2. The molecular weight excluding hydrogens is 298 g/mol. The van der Waals surface area contributed by atoms with E-state index in [1.165, 1.54) is 11.1 Å². The topological polar surface area (TPSA) is 3.24 Å². The molecule has 0 fully saturated rings. The standard InChI is InChI=1S/C18H22ClNS/c1-14(15-8-10-18(19)11-9-15)20(2)12-17(13-21)16-6-4-3-5-7-16/h3-11,14,17,21H,12-13H2,1-2H3. The molecular formula is C18H22ClNS. The van der Waals surface area contributed by atoms with E-state index in [2.05, 4.69) is 74.0 Å². The summed E-state index contributed by atoms with van der Waals surface area (Å²) in [4.78, 5) is 2.37. The molecule has 2 aromatic carbocycles. The molecule has 1 nitrogen and oxygen atoms in total. The first-order valence-corrected chi connectivity index (χ1v) is 8.24. The number of thiol groups is 1. The summed E-state index contributed by atoms with van der Waals surface area (Å²) in [6, 6.07) is 19.1. The number of rotatable bonds is 6. The summed E-state index contributed by atoms with van der Waals surface area (Å²) in [5.41, 5.74) is 2.63. The van der Waals surface area contributed by atoms with Crippen molar-refractivity contribution in [2.45, 2.75) is 18.9 Å². The van der Waals surface area contributed by atoms with Crippen LogP contribution in [0.15, 0.2) is 54.6 Å². The first-order valence-electron chi connectivity index (χ1n) is 7.23.